The molecule has 0 saturated heterocycles. The van der Waals surface area contributed by atoms with Gasteiger partial charge in [0.2, 0.25) is 0 Å². The van der Waals surface area contributed by atoms with Gasteiger partial charge in [0, 0.05) is 24.4 Å². The molecule has 0 aliphatic heterocycles. The van der Waals surface area contributed by atoms with E-state index in [4.69, 9.17) is 9.05 Å². The highest BCUT2D eigenvalue weighted by Crippen LogP contribution is 2.28. The van der Waals surface area contributed by atoms with E-state index in [1.54, 1.807) is 6.92 Å². The van der Waals surface area contributed by atoms with Gasteiger partial charge in [0.15, 0.2) is 0 Å². The van der Waals surface area contributed by atoms with Gasteiger partial charge in [-0.3, -0.25) is 0 Å². The Bertz CT molecular complexity index is 356. The second-order valence-electron chi connectivity index (χ2n) is 8.47. The smallest absolute Gasteiger partial charge is 0.129 e. The van der Waals surface area contributed by atoms with Crippen LogP contribution in [-0.4, -0.2) is 18.0 Å². The zero-order chi connectivity index (χ0) is 21.6. The van der Waals surface area contributed by atoms with E-state index < -0.39 is 0 Å². The Morgan fingerprint density at radius 1 is 0.759 bits per heavy atom. The van der Waals surface area contributed by atoms with Gasteiger partial charge in [-0.05, 0) is 39.0 Å². The van der Waals surface area contributed by atoms with Crippen LogP contribution in [0, 0.1) is 0 Å². The van der Waals surface area contributed by atoms with Crippen molar-refractivity contribution in [1.82, 2.24) is 0 Å². The van der Waals surface area contributed by atoms with E-state index in [1.165, 1.54) is 103 Å². The van der Waals surface area contributed by atoms with Crippen molar-refractivity contribution in [1.29, 1.82) is 0 Å². The average Bonchev–Trinajstić information content (AvgIpc) is 2.70. The van der Waals surface area contributed by atoms with Crippen LogP contribution in [0.2, 0.25) is 0 Å². The highest BCUT2D eigenvalue weighted by atomic mass is 32.0. The van der Waals surface area contributed by atoms with Crippen molar-refractivity contribution in [3.63, 3.8) is 0 Å². The van der Waals surface area contributed by atoms with Crippen LogP contribution in [0.25, 0.3) is 0 Å². The molecule has 6 heteroatoms. The van der Waals surface area contributed by atoms with Crippen LogP contribution >= 0.6 is 26.9 Å². The van der Waals surface area contributed by atoms with Gasteiger partial charge in [-0.25, -0.2) is 0 Å². The van der Waals surface area contributed by atoms with Gasteiger partial charge >= 0.3 is 0 Å². The van der Waals surface area contributed by atoms with Crippen molar-refractivity contribution in [3.8, 4) is 0 Å². The minimum atomic E-state index is 0.327. The van der Waals surface area contributed by atoms with Gasteiger partial charge in [0.05, 0.1) is 12.2 Å². The fourth-order valence-corrected chi connectivity index (χ4v) is 5.09. The van der Waals surface area contributed by atoms with Crippen LogP contribution in [0.3, 0.4) is 0 Å². The molecule has 0 aliphatic rings. The number of Topliss-reactive ketones (excluding diaryl/α,β-unsaturated/α-hetero) is 1. The van der Waals surface area contributed by atoms with E-state index >= 15 is 0 Å². The molecule has 0 amide bonds. The van der Waals surface area contributed by atoms with E-state index in [2.05, 4.69) is 25.3 Å². The van der Waals surface area contributed by atoms with Crippen molar-refractivity contribution >= 4 is 32.7 Å². The molecule has 0 rings (SSSR count). The second kappa shape index (κ2) is 23.5. The summed E-state index contributed by atoms with van der Waals surface area (Å²) >= 11 is 0. The SMILES string of the molecule is CCCCCC(CCCCCCC(CCCCCCCCC(C)=O)OPP)OP. The molecule has 174 valence electrons. The van der Waals surface area contributed by atoms with Crippen LogP contribution in [0.1, 0.15) is 129 Å². The molecule has 0 aromatic heterocycles. The highest BCUT2D eigenvalue weighted by molar-refractivity contribution is 8.00. The molecule has 0 fully saturated rings. The molecule has 0 spiro atoms. The van der Waals surface area contributed by atoms with Crippen molar-refractivity contribution in [2.24, 2.45) is 0 Å². The summed E-state index contributed by atoms with van der Waals surface area (Å²) in [4.78, 5) is 10.9. The standard InChI is InChI=1S/C23H49O3P3/c1-3-4-11-17-22(25-27)18-13-9-10-15-20-23(26-29-28)19-14-8-6-5-7-12-16-21(2)24/h22-23,29H,3-20,27-28H2,1-2H3. The zero-order valence-corrected chi connectivity index (χ0v) is 22.6. The summed E-state index contributed by atoms with van der Waals surface area (Å²) in [7, 11) is 5.71. The summed E-state index contributed by atoms with van der Waals surface area (Å²) in [5, 5.41) is 0. The lowest BCUT2D eigenvalue weighted by Gasteiger charge is -2.17. The maximum atomic E-state index is 10.9. The van der Waals surface area contributed by atoms with Gasteiger partial charge in [0.1, 0.15) is 5.78 Å². The zero-order valence-electron chi connectivity index (χ0n) is 19.3. The molecule has 0 aliphatic carbocycles. The number of unbranched alkanes of at least 4 members (excludes halogenated alkanes) is 10. The fraction of sp³-hybridized carbons (Fsp3) is 0.957. The molecule has 0 bridgehead atoms. The Morgan fingerprint density at radius 2 is 1.21 bits per heavy atom. The number of ketones is 1. The first-order valence-corrected chi connectivity index (χ1v) is 15.3. The normalized spacial score (nSPS) is 13.9. The third-order valence-corrected chi connectivity index (χ3v) is 6.93. The van der Waals surface area contributed by atoms with Gasteiger partial charge in [-0.15, -0.1) is 0 Å². The fourth-order valence-electron chi connectivity index (χ4n) is 3.81. The third-order valence-electron chi connectivity index (χ3n) is 5.66. The van der Waals surface area contributed by atoms with E-state index in [0.29, 0.717) is 26.5 Å². The average molecular weight is 467 g/mol. The molecule has 0 heterocycles. The first kappa shape index (κ1) is 29.9. The van der Waals surface area contributed by atoms with E-state index in [-0.39, 0.29) is 0 Å². The Balaban J connectivity index is 3.63. The van der Waals surface area contributed by atoms with Crippen LogP contribution in [0.4, 0.5) is 0 Å². The predicted molar refractivity (Wildman–Crippen MR) is 137 cm³/mol. The summed E-state index contributed by atoms with van der Waals surface area (Å²) in [6.07, 6.45) is 23.0. The van der Waals surface area contributed by atoms with Crippen LogP contribution in [-0.2, 0) is 13.8 Å². The molecule has 0 aromatic carbocycles. The van der Waals surface area contributed by atoms with Crippen molar-refractivity contribution in [3.05, 3.63) is 0 Å². The molecule has 3 nitrogen and oxygen atoms in total. The first-order valence-electron chi connectivity index (χ1n) is 12.1. The summed E-state index contributed by atoms with van der Waals surface area (Å²) < 4.78 is 11.5. The molecule has 0 aromatic rings. The van der Waals surface area contributed by atoms with Crippen LogP contribution in [0.5, 0.6) is 0 Å². The largest absolute Gasteiger partial charge is 0.362 e. The summed E-state index contributed by atoms with van der Waals surface area (Å²) in [5.41, 5.74) is 0. The second-order valence-corrected chi connectivity index (χ2v) is 9.92. The van der Waals surface area contributed by atoms with Gasteiger partial charge in [-0.2, -0.15) is 0 Å². The predicted octanol–water partition coefficient (Wildman–Crippen LogP) is 8.56. The maximum Gasteiger partial charge on any atom is 0.129 e. The summed E-state index contributed by atoms with van der Waals surface area (Å²) in [5.74, 6) is 0.327. The molecule has 0 N–H and O–H groups in total. The lowest BCUT2D eigenvalue weighted by molar-refractivity contribution is -0.117. The third kappa shape index (κ3) is 21.9. The van der Waals surface area contributed by atoms with Crippen LogP contribution in [0.15, 0.2) is 0 Å². The maximum absolute atomic E-state index is 10.9. The van der Waals surface area contributed by atoms with E-state index in [0.717, 1.165) is 12.8 Å². The van der Waals surface area contributed by atoms with Crippen molar-refractivity contribution in [2.45, 2.75) is 142 Å². The Labute approximate surface area is 188 Å². The van der Waals surface area contributed by atoms with Gasteiger partial charge in [0.25, 0.3) is 0 Å². The number of rotatable bonds is 23. The molecule has 29 heavy (non-hydrogen) atoms. The number of hydrogen-bond donors (Lipinski definition) is 0. The molecule has 5 unspecified atom stereocenters. The summed E-state index contributed by atoms with van der Waals surface area (Å²) in [6.45, 7) is 3.95. The van der Waals surface area contributed by atoms with Gasteiger partial charge < -0.3 is 13.8 Å². The molecule has 0 radical (unpaired) electrons. The Kier molecular flexibility index (Phi) is 24.3. The Hall–Kier alpha value is 0.880. The summed E-state index contributed by atoms with van der Waals surface area (Å²) in [6, 6.07) is 0. The quantitative estimate of drug-likeness (QED) is 0.112. The van der Waals surface area contributed by atoms with Crippen molar-refractivity contribution in [2.75, 3.05) is 0 Å². The van der Waals surface area contributed by atoms with E-state index in [1.807, 2.05) is 0 Å². The molecular formula is C23H49O3P3. The number of carbonyl (C=O) groups is 1. The highest BCUT2D eigenvalue weighted by Gasteiger charge is 2.09. The Morgan fingerprint density at radius 3 is 1.66 bits per heavy atom. The molecule has 0 saturated carbocycles. The lowest BCUT2D eigenvalue weighted by Crippen LogP contribution is -2.09. The minimum Gasteiger partial charge on any atom is -0.362 e. The van der Waals surface area contributed by atoms with Crippen LogP contribution < -0.4 is 0 Å². The topological polar surface area (TPSA) is 35.5 Å². The van der Waals surface area contributed by atoms with E-state index in [9.17, 15) is 4.79 Å². The first-order chi connectivity index (χ1) is 14.1. The molecular weight excluding hydrogens is 417 g/mol. The lowest BCUT2D eigenvalue weighted by atomic mass is 10.0. The number of hydrogen-bond acceptors (Lipinski definition) is 3. The van der Waals surface area contributed by atoms with Gasteiger partial charge in [-0.1, -0.05) is 92.9 Å². The molecule has 5 atom stereocenters. The minimum absolute atomic E-state index is 0.327. The number of carbonyl (C=O) groups excluding carboxylic acids is 1. The van der Waals surface area contributed by atoms with Crippen molar-refractivity contribution < 1.29 is 13.8 Å². The monoisotopic (exact) mass is 466 g/mol.